The number of hydrogen-bond donors (Lipinski definition) is 1. The summed E-state index contributed by atoms with van der Waals surface area (Å²) in [5, 5.41) is 2.94. The average Bonchev–Trinajstić information content (AvgIpc) is 2.48. The summed E-state index contributed by atoms with van der Waals surface area (Å²) in [5.74, 6) is 0.899. The minimum atomic E-state index is 0.0383. The van der Waals surface area contributed by atoms with Crippen molar-refractivity contribution in [3.05, 3.63) is 24.3 Å². The maximum atomic E-state index is 11.9. The lowest BCUT2D eigenvalue weighted by molar-refractivity contribution is 0.192. The van der Waals surface area contributed by atoms with Crippen molar-refractivity contribution in [1.29, 1.82) is 0 Å². The van der Waals surface area contributed by atoms with E-state index in [0.29, 0.717) is 6.61 Å². The van der Waals surface area contributed by atoms with Crippen LogP contribution in [0.3, 0.4) is 0 Å². The molecule has 0 saturated carbocycles. The highest BCUT2D eigenvalue weighted by atomic mass is 16.5. The molecule has 1 aromatic carbocycles. The molecule has 116 valence electrons. The molecule has 0 spiro atoms. The number of amides is 2. The third-order valence-corrected chi connectivity index (χ3v) is 3.49. The van der Waals surface area contributed by atoms with E-state index in [1.807, 2.05) is 37.8 Å². The molecule has 0 aromatic heterocycles. The van der Waals surface area contributed by atoms with Crippen LogP contribution in [0.15, 0.2) is 24.3 Å². The fourth-order valence-corrected chi connectivity index (χ4v) is 2.43. The molecule has 0 unspecified atom stereocenters. The van der Waals surface area contributed by atoms with Crippen molar-refractivity contribution in [2.45, 2.75) is 26.8 Å². The smallest absolute Gasteiger partial charge is 0.317 e. The predicted octanol–water partition coefficient (Wildman–Crippen LogP) is 2.33. The molecule has 1 heterocycles. The van der Waals surface area contributed by atoms with Crippen molar-refractivity contribution >= 4 is 11.7 Å². The average molecular weight is 291 g/mol. The van der Waals surface area contributed by atoms with E-state index in [4.69, 9.17) is 4.74 Å². The van der Waals surface area contributed by atoms with E-state index >= 15 is 0 Å². The molecule has 5 nitrogen and oxygen atoms in total. The standard InChI is InChI=1S/C16H25N3O2/c1-4-21-15-7-5-14(6-8-15)18-9-11-19(12-10-18)16(20)17-13(2)3/h5-8,13H,4,9-12H2,1-3H3,(H,17,20). The summed E-state index contributed by atoms with van der Waals surface area (Å²) in [4.78, 5) is 16.1. The number of nitrogens with zero attached hydrogens (tertiary/aromatic N) is 2. The van der Waals surface area contributed by atoms with Gasteiger partial charge in [-0.1, -0.05) is 0 Å². The molecule has 1 fully saturated rings. The largest absolute Gasteiger partial charge is 0.494 e. The lowest BCUT2D eigenvalue weighted by atomic mass is 10.2. The number of nitrogens with one attached hydrogen (secondary N) is 1. The maximum Gasteiger partial charge on any atom is 0.317 e. The first-order valence-electron chi connectivity index (χ1n) is 7.63. The highest BCUT2D eigenvalue weighted by molar-refractivity contribution is 5.74. The van der Waals surface area contributed by atoms with Gasteiger partial charge in [0.15, 0.2) is 0 Å². The molecule has 1 aliphatic heterocycles. The topological polar surface area (TPSA) is 44.8 Å². The molecule has 1 saturated heterocycles. The molecule has 5 heteroatoms. The van der Waals surface area contributed by atoms with E-state index in [9.17, 15) is 4.79 Å². The molecule has 2 amide bonds. The SMILES string of the molecule is CCOc1ccc(N2CCN(C(=O)NC(C)C)CC2)cc1. The number of urea groups is 1. The monoisotopic (exact) mass is 291 g/mol. The number of rotatable bonds is 4. The Morgan fingerprint density at radius 2 is 1.81 bits per heavy atom. The highest BCUT2D eigenvalue weighted by Crippen LogP contribution is 2.20. The predicted molar refractivity (Wildman–Crippen MR) is 85.1 cm³/mol. The third kappa shape index (κ3) is 4.28. The lowest BCUT2D eigenvalue weighted by Gasteiger charge is -2.36. The second-order valence-electron chi connectivity index (χ2n) is 5.51. The zero-order valence-corrected chi connectivity index (χ0v) is 13.1. The normalized spacial score (nSPS) is 15.2. The third-order valence-electron chi connectivity index (χ3n) is 3.49. The Bertz CT molecular complexity index is 451. The molecule has 2 rings (SSSR count). The Balaban J connectivity index is 1.87. The zero-order chi connectivity index (χ0) is 15.2. The molecular weight excluding hydrogens is 266 g/mol. The molecule has 1 aliphatic rings. The number of carbonyl (C=O) groups excluding carboxylic acids is 1. The van der Waals surface area contributed by atoms with E-state index < -0.39 is 0 Å². The summed E-state index contributed by atoms with van der Waals surface area (Å²) < 4.78 is 5.45. The van der Waals surface area contributed by atoms with Gasteiger partial charge in [0.25, 0.3) is 0 Å². The molecule has 0 radical (unpaired) electrons. The van der Waals surface area contributed by atoms with Gasteiger partial charge in [0.2, 0.25) is 0 Å². The second kappa shape index (κ2) is 7.20. The van der Waals surface area contributed by atoms with Gasteiger partial charge in [0.05, 0.1) is 6.61 Å². The Labute approximate surface area is 126 Å². The van der Waals surface area contributed by atoms with Crippen LogP contribution < -0.4 is 15.0 Å². The van der Waals surface area contributed by atoms with Gasteiger partial charge in [-0.05, 0) is 45.0 Å². The molecule has 1 aromatic rings. The van der Waals surface area contributed by atoms with E-state index in [2.05, 4.69) is 22.3 Å². The van der Waals surface area contributed by atoms with Crippen LogP contribution in [0.5, 0.6) is 5.75 Å². The Morgan fingerprint density at radius 1 is 1.19 bits per heavy atom. The fourth-order valence-electron chi connectivity index (χ4n) is 2.43. The van der Waals surface area contributed by atoms with Gasteiger partial charge in [-0.25, -0.2) is 4.79 Å². The fraction of sp³-hybridized carbons (Fsp3) is 0.562. The Hall–Kier alpha value is -1.91. The van der Waals surface area contributed by atoms with Crippen LogP contribution >= 0.6 is 0 Å². The van der Waals surface area contributed by atoms with E-state index in [1.165, 1.54) is 5.69 Å². The Kier molecular flexibility index (Phi) is 5.31. The lowest BCUT2D eigenvalue weighted by Crippen LogP contribution is -2.52. The first-order valence-corrected chi connectivity index (χ1v) is 7.63. The van der Waals surface area contributed by atoms with Crippen molar-refractivity contribution in [3.63, 3.8) is 0 Å². The van der Waals surface area contributed by atoms with E-state index in [0.717, 1.165) is 31.9 Å². The molecule has 21 heavy (non-hydrogen) atoms. The summed E-state index contributed by atoms with van der Waals surface area (Å²) in [6.07, 6.45) is 0. The number of hydrogen-bond acceptors (Lipinski definition) is 3. The van der Waals surface area contributed by atoms with Crippen LogP contribution in [-0.4, -0.2) is 49.8 Å². The van der Waals surface area contributed by atoms with Crippen molar-refractivity contribution in [2.24, 2.45) is 0 Å². The van der Waals surface area contributed by atoms with Crippen molar-refractivity contribution in [1.82, 2.24) is 10.2 Å². The quantitative estimate of drug-likeness (QED) is 0.926. The van der Waals surface area contributed by atoms with E-state index in [1.54, 1.807) is 0 Å². The number of piperazine rings is 1. The number of ether oxygens (including phenoxy) is 1. The molecule has 0 atom stereocenters. The number of carbonyl (C=O) groups is 1. The summed E-state index contributed by atoms with van der Waals surface area (Å²) >= 11 is 0. The summed E-state index contributed by atoms with van der Waals surface area (Å²) in [6.45, 7) is 9.86. The van der Waals surface area contributed by atoms with Gasteiger partial charge in [0.1, 0.15) is 5.75 Å². The molecule has 0 bridgehead atoms. The zero-order valence-electron chi connectivity index (χ0n) is 13.1. The van der Waals surface area contributed by atoms with Crippen LogP contribution in [0.4, 0.5) is 10.5 Å². The van der Waals surface area contributed by atoms with E-state index in [-0.39, 0.29) is 12.1 Å². The second-order valence-corrected chi connectivity index (χ2v) is 5.51. The minimum absolute atomic E-state index is 0.0383. The Morgan fingerprint density at radius 3 is 2.33 bits per heavy atom. The van der Waals surface area contributed by atoms with Crippen molar-refractivity contribution in [3.8, 4) is 5.75 Å². The van der Waals surface area contributed by atoms with Gasteiger partial charge in [0, 0.05) is 37.9 Å². The van der Waals surface area contributed by atoms with Crippen LogP contribution in [0.25, 0.3) is 0 Å². The molecule has 1 N–H and O–H groups in total. The van der Waals surface area contributed by atoms with Gasteiger partial charge in [-0.15, -0.1) is 0 Å². The van der Waals surface area contributed by atoms with Crippen molar-refractivity contribution < 1.29 is 9.53 Å². The molecule has 0 aliphatic carbocycles. The van der Waals surface area contributed by atoms with Gasteiger partial charge in [-0.2, -0.15) is 0 Å². The molecular formula is C16H25N3O2. The van der Waals surface area contributed by atoms with Gasteiger partial charge in [-0.3, -0.25) is 0 Å². The van der Waals surface area contributed by atoms with Gasteiger partial charge < -0.3 is 19.9 Å². The number of benzene rings is 1. The summed E-state index contributed by atoms with van der Waals surface area (Å²) in [6, 6.07) is 8.37. The van der Waals surface area contributed by atoms with Crippen LogP contribution in [0.2, 0.25) is 0 Å². The van der Waals surface area contributed by atoms with Crippen LogP contribution in [-0.2, 0) is 0 Å². The van der Waals surface area contributed by atoms with Crippen molar-refractivity contribution in [2.75, 3.05) is 37.7 Å². The minimum Gasteiger partial charge on any atom is -0.494 e. The number of anilines is 1. The summed E-state index contributed by atoms with van der Waals surface area (Å²) in [7, 11) is 0. The first kappa shape index (κ1) is 15.5. The summed E-state index contributed by atoms with van der Waals surface area (Å²) in [5.41, 5.74) is 1.18. The van der Waals surface area contributed by atoms with Gasteiger partial charge >= 0.3 is 6.03 Å². The van der Waals surface area contributed by atoms with Crippen LogP contribution in [0.1, 0.15) is 20.8 Å². The highest BCUT2D eigenvalue weighted by Gasteiger charge is 2.21. The maximum absolute atomic E-state index is 11.9. The van der Waals surface area contributed by atoms with Crippen LogP contribution in [0, 0.1) is 0 Å². The first-order chi connectivity index (χ1) is 10.1.